The predicted octanol–water partition coefficient (Wildman–Crippen LogP) is 2.17. The van der Waals surface area contributed by atoms with Gasteiger partial charge in [-0.15, -0.1) is 0 Å². The molecule has 2 unspecified atom stereocenters. The van der Waals surface area contributed by atoms with E-state index in [-0.39, 0.29) is 5.97 Å². The fraction of sp³-hybridized carbons (Fsp3) is 0.933. The van der Waals surface area contributed by atoms with Gasteiger partial charge in [0.05, 0.1) is 6.61 Å². The molecule has 0 aromatic carbocycles. The molecule has 0 aromatic heterocycles. The summed E-state index contributed by atoms with van der Waals surface area (Å²) in [5.74, 6) is 0.597. The number of carbonyl (C=O) groups excluding carboxylic acids is 1. The third-order valence-electron chi connectivity index (χ3n) is 3.98. The summed E-state index contributed by atoms with van der Waals surface area (Å²) < 4.78 is 5.00. The van der Waals surface area contributed by atoms with E-state index in [2.05, 4.69) is 11.8 Å². The van der Waals surface area contributed by atoms with Crippen LogP contribution < -0.4 is 5.73 Å². The van der Waals surface area contributed by atoms with Crippen molar-refractivity contribution in [1.29, 1.82) is 0 Å². The standard InChI is InChI=1S/C15H30N2O2/c1-4-7-13-8-11-17(12-13)10-6-9-15(3,16)14(18)19-5-2/h13H,4-12,16H2,1-3H3. The van der Waals surface area contributed by atoms with Crippen LogP contribution in [0.1, 0.15) is 52.9 Å². The fourth-order valence-corrected chi connectivity index (χ4v) is 2.83. The molecule has 2 N–H and O–H groups in total. The first-order valence-corrected chi connectivity index (χ1v) is 7.68. The molecule has 0 amide bonds. The fourth-order valence-electron chi connectivity index (χ4n) is 2.83. The molecule has 1 heterocycles. The summed E-state index contributed by atoms with van der Waals surface area (Å²) in [5.41, 5.74) is 5.18. The molecule has 0 aliphatic carbocycles. The number of carbonyl (C=O) groups is 1. The van der Waals surface area contributed by atoms with Gasteiger partial charge in [-0.2, -0.15) is 0 Å². The van der Waals surface area contributed by atoms with E-state index in [0.29, 0.717) is 13.0 Å². The lowest BCUT2D eigenvalue weighted by atomic mass is 9.97. The molecular weight excluding hydrogens is 240 g/mol. The summed E-state index contributed by atoms with van der Waals surface area (Å²) in [6.07, 6.45) is 5.60. The van der Waals surface area contributed by atoms with Crippen molar-refractivity contribution < 1.29 is 9.53 Å². The van der Waals surface area contributed by atoms with Gasteiger partial charge in [0.2, 0.25) is 0 Å². The number of nitrogens with zero attached hydrogens (tertiary/aromatic N) is 1. The van der Waals surface area contributed by atoms with Crippen LogP contribution >= 0.6 is 0 Å². The first-order chi connectivity index (χ1) is 8.99. The number of nitrogens with two attached hydrogens (primary N) is 1. The normalized spacial score (nSPS) is 23.3. The Morgan fingerprint density at radius 1 is 1.47 bits per heavy atom. The Morgan fingerprint density at radius 2 is 2.21 bits per heavy atom. The van der Waals surface area contributed by atoms with Crippen LogP contribution in [0.3, 0.4) is 0 Å². The van der Waals surface area contributed by atoms with Gasteiger partial charge in [0.1, 0.15) is 5.54 Å². The third-order valence-corrected chi connectivity index (χ3v) is 3.98. The molecule has 1 rings (SSSR count). The molecule has 0 aromatic rings. The molecule has 4 nitrogen and oxygen atoms in total. The molecule has 1 aliphatic rings. The molecule has 19 heavy (non-hydrogen) atoms. The summed E-state index contributed by atoms with van der Waals surface area (Å²) in [6.45, 7) is 9.70. The second-order valence-electron chi connectivity index (χ2n) is 5.99. The molecule has 4 heteroatoms. The van der Waals surface area contributed by atoms with Crippen LogP contribution in [-0.4, -0.2) is 42.6 Å². The number of hydrogen-bond donors (Lipinski definition) is 1. The largest absolute Gasteiger partial charge is 0.465 e. The van der Waals surface area contributed by atoms with Crippen LogP contribution in [0.2, 0.25) is 0 Å². The first-order valence-electron chi connectivity index (χ1n) is 7.68. The lowest BCUT2D eigenvalue weighted by Gasteiger charge is -2.23. The predicted molar refractivity (Wildman–Crippen MR) is 77.9 cm³/mol. The monoisotopic (exact) mass is 270 g/mol. The molecule has 0 bridgehead atoms. The molecule has 112 valence electrons. The SMILES string of the molecule is CCCC1CCN(CCCC(C)(N)C(=O)OCC)C1. The van der Waals surface area contributed by atoms with E-state index in [1.54, 1.807) is 6.92 Å². The van der Waals surface area contributed by atoms with E-state index in [4.69, 9.17) is 10.5 Å². The lowest BCUT2D eigenvalue weighted by molar-refractivity contribution is -0.149. The summed E-state index contributed by atoms with van der Waals surface area (Å²) in [7, 11) is 0. The van der Waals surface area contributed by atoms with E-state index < -0.39 is 5.54 Å². The smallest absolute Gasteiger partial charge is 0.325 e. The molecule has 0 radical (unpaired) electrons. The van der Waals surface area contributed by atoms with Crippen molar-refractivity contribution in [2.24, 2.45) is 11.7 Å². The Hall–Kier alpha value is -0.610. The van der Waals surface area contributed by atoms with Crippen molar-refractivity contribution in [2.75, 3.05) is 26.2 Å². The van der Waals surface area contributed by atoms with Gasteiger partial charge in [-0.1, -0.05) is 13.3 Å². The van der Waals surface area contributed by atoms with Gasteiger partial charge >= 0.3 is 5.97 Å². The van der Waals surface area contributed by atoms with Crippen molar-refractivity contribution in [1.82, 2.24) is 4.90 Å². The van der Waals surface area contributed by atoms with Crippen LogP contribution in [0.25, 0.3) is 0 Å². The van der Waals surface area contributed by atoms with E-state index in [1.165, 1.54) is 32.4 Å². The average molecular weight is 270 g/mol. The van der Waals surface area contributed by atoms with Crippen LogP contribution in [0, 0.1) is 5.92 Å². The second kappa shape index (κ2) is 7.85. The van der Waals surface area contributed by atoms with Gasteiger partial charge in [-0.05, 0) is 58.5 Å². The minimum Gasteiger partial charge on any atom is -0.465 e. The third kappa shape index (κ3) is 5.49. The van der Waals surface area contributed by atoms with Gasteiger partial charge in [-0.3, -0.25) is 4.79 Å². The Kier molecular flexibility index (Phi) is 6.80. The van der Waals surface area contributed by atoms with Crippen molar-refractivity contribution in [2.45, 2.75) is 58.4 Å². The zero-order valence-corrected chi connectivity index (χ0v) is 12.8. The van der Waals surface area contributed by atoms with E-state index in [0.717, 1.165) is 18.9 Å². The molecular formula is C15H30N2O2. The van der Waals surface area contributed by atoms with Gasteiger partial charge in [-0.25, -0.2) is 0 Å². The highest BCUT2D eigenvalue weighted by Gasteiger charge is 2.30. The molecule has 1 saturated heterocycles. The summed E-state index contributed by atoms with van der Waals surface area (Å²) in [5, 5.41) is 0. The van der Waals surface area contributed by atoms with Crippen LogP contribution in [0.5, 0.6) is 0 Å². The highest BCUT2D eigenvalue weighted by molar-refractivity contribution is 5.79. The maximum Gasteiger partial charge on any atom is 0.325 e. The number of rotatable bonds is 8. The highest BCUT2D eigenvalue weighted by atomic mass is 16.5. The van der Waals surface area contributed by atoms with Crippen LogP contribution in [0.15, 0.2) is 0 Å². The molecule has 0 saturated carbocycles. The number of likely N-dealkylation sites (tertiary alicyclic amines) is 1. The summed E-state index contributed by atoms with van der Waals surface area (Å²) in [4.78, 5) is 14.2. The van der Waals surface area contributed by atoms with Crippen molar-refractivity contribution in [3.63, 3.8) is 0 Å². The van der Waals surface area contributed by atoms with E-state index >= 15 is 0 Å². The first kappa shape index (κ1) is 16.4. The van der Waals surface area contributed by atoms with Crippen molar-refractivity contribution >= 4 is 5.97 Å². The minimum absolute atomic E-state index is 0.278. The number of esters is 1. The zero-order valence-electron chi connectivity index (χ0n) is 12.8. The summed E-state index contributed by atoms with van der Waals surface area (Å²) >= 11 is 0. The zero-order chi connectivity index (χ0) is 14.3. The van der Waals surface area contributed by atoms with Gasteiger partial charge in [0.25, 0.3) is 0 Å². The maximum atomic E-state index is 11.7. The molecule has 2 atom stereocenters. The Bertz CT molecular complexity index is 279. The van der Waals surface area contributed by atoms with Crippen LogP contribution in [0.4, 0.5) is 0 Å². The molecule has 1 aliphatic heterocycles. The minimum atomic E-state index is -0.835. The van der Waals surface area contributed by atoms with Gasteiger partial charge in [0.15, 0.2) is 0 Å². The lowest BCUT2D eigenvalue weighted by Crippen LogP contribution is -2.46. The Labute approximate surface area is 117 Å². The second-order valence-corrected chi connectivity index (χ2v) is 5.99. The topological polar surface area (TPSA) is 55.6 Å². The Balaban J connectivity index is 2.21. The molecule has 0 spiro atoms. The quantitative estimate of drug-likeness (QED) is 0.687. The number of hydrogen-bond acceptors (Lipinski definition) is 4. The summed E-state index contributed by atoms with van der Waals surface area (Å²) in [6, 6.07) is 0. The maximum absolute atomic E-state index is 11.7. The average Bonchev–Trinajstić information content (AvgIpc) is 2.77. The van der Waals surface area contributed by atoms with Crippen molar-refractivity contribution in [3.8, 4) is 0 Å². The highest BCUT2D eigenvalue weighted by Crippen LogP contribution is 2.21. The van der Waals surface area contributed by atoms with Gasteiger partial charge < -0.3 is 15.4 Å². The van der Waals surface area contributed by atoms with Gasteiger partial charge in [0, 0.05) is 6.54 Å². The number of ether oxygens (including phenoxy) is 1. The van der Waals surface area contributed by atoms with E-state index in [1.807, 2.05) is 6.92 Å². The Morgan fingerprint density at radius 3 is 2.84 bits per heavy atom. The molecule has 1 fully saturated rings. The van der Waals surface area contributed by atoms with Crippen molar-refractivity contribution in [3.05, 3.63) is 0 Å². The van der Waals surface area contributed by atoms with E-state index in [9.17, 15) is 4.79 Å². The van der Waals surface area contributed by atoms with Crippen LogP contribution in [-0.2, 0) is 9.53 Å².